The van der Waals surface area contributed by atoms with E-state index in [1.807, 2.05) is 13.0 Å². The average molecular weight is 347 g/mol. The minimum Gasteiger partial charge on any atom is -0.476 e. The molecule has 0 spiro atoms. The highest BCUT2D eigenvalue weighted by Crippen LogP contribution is 2.34. The van der Waals surface area contributed by atoms with Gasteiger partial charge in [0.15, 0.2) is 6.10 Å². The minimum absolute atomic E-state index is 0.0897. The maximum atomic E-state index is 12.4. The molecule has 2 heterocycles. The van der Waals surface area contributed by atoms with Crippen molar-refractivity contribution in [1.29, 1.82) is 0 Å². The fraction of sp³-hybridized carbons (Fsp3) is 0.250. The Hall–Kier alpha value is -2.61. The number of nitrogens with zero attached hydrogens (tertiary/aromatic N) is 2. The summed E-state index contributed by atoms with van der Waals surface area (Å²) in [7, 11) is -3.53. The first-order valence-electron chi connectivity index (χ1n) is 7.31. The molecular weight excluding hydrogens is 330 g/mol. The summed E-state index contributed by atoms with van der Waals surface area (Å²) in [6, 6.07) is 10.2. The van der Waals surface area contributed by atoms with Gasteiger partial charge in [-0.2, -0.15) is 0 Å². The quantitative estimate of drug-likeness (QED) is 0.910. The van der Waals surface area contributed by atoms with Crippen LogP contribution in [0.15, 0.2) is 42.6 Å². The molecule has 1 N–H and O–H groups in total. The van der Waals surface area contributed by atoms with Crippen molar-refractivity contribution >= 4 is 27.4 Å². The van der Waals surface area contributed by atoms with Gasteiger partial charge in [-0.1, -0.05) is 18.2 Å². The number of nitrogens with one attached hydrogen (secondary N) is 1. The molecule has 1 aromatic heterocycles. The van der Waals surface area contributed by atoms with Crippen LogP contribution in [0.4, 0.5) is 11.5 Å². The van der Waals surface area contributed by atoms with Gasteiger partial charge in [-0.25, -0.2) is 13.4 Å². The molecule has 0 saturated heterocycles. The van der Waals surface area contributed by atoms with E-state index >= 15 is 0 Å². The van der Waals surface area contributed by atoms with Crippen molar-refractivity contribution in [2.45, 2.75) is 13.0 Å². The number of hydrogen-bond acceptors (Lipinski definition) is 5. The number of para-hydroxylation sites is 2. The van der Waals surface area contributed by atoms with Gasteiger partial charge in [-0.3, -0.25) is 9.10 Å². The van der Waals surface area contributed by atoms with Crippen molar-refractivity contribution in [2.75, 3.05) is 22.4 Å². The fourth-order valence-electron chi connectivity index (χ4n) is 2.40. The predicted octanol–water partition coefficient (Wildman–Crippen LogP) is 1.56. The first-order chi connectivity index (χ1) is 11.3. The van der Waals surface area contributed by atoms with E-state index < -0.39 is 22.0 Å². The summed E-state index contributed by atoms with van der Waals surface area (Å²) in [6.45, 7) is 1.80. The summed E-state index contributed by atoms with van der Waals surface area (Å²) in [5.74, 6) is 0.291. The van der Waals surface area contributed by atoms with Crippen LogP contribution in [0.5, 0.6) is 5.75 Å². The van der Waals surface area contributed by atoms with Gasteiger partial charge in [0.2, 0.25) is 10.0 Å². The lowest BCUT2D eigenvalue weighted by Crippen LogP contribution is -2.48. The Balaban J connectivity index is 1.85. The van der Waals surface area contributed by atoms with Crippen molar-refractivity contribution in [3.63, 3.8) is 0 Å². The Labute approximate surface area is 140 Å². The number of ether oxygens (including phenoxy) is 1. The monoisotopic (exact) mass is 347 g/mol. The number of aryl methyl sites for hydroxylation is 1. The third-order valence-corrected chi connectivity index (χ3v) is 4.74. The molecule has 1 amide bonds. The van der Waals surface area contributed by atoms with E-state index in [1.165, 1.54) is 4.31 Å². The number of aromatic nitrogens is 1. The Kier molecular flexibility index (Phi) is 4.15. The highest BCUT2D eigenvalue weighted by Gasteiger charge is 2.34. The summed E-state index contributed by atoms with van der Waals surface area (Å²) < 4.78 is 30.9. The second-order valence-electron chi connectivity index (χ2n) is 5.58. The number of sulfonamides is 1. The van der Waals surface area contributed by atoms with E-state index in [1.54, 1.807) is 36.5 Å². The molecule has 0 fully saturated rings. The van der Waals surface area contributed by atoms with Gasteiger partial charge in [-0.05, 0) is 30.7 Å². The van der Waals surface area contributed by atoms with Gasteiger partial charge in [0.25, 0.3) is 5.91 Å². The molecule has 3 rings (SSSR count). The number of benzene rings is 1. The van der Waals surface area contributed by atoms with E-state index in [4.69, 9.17) is 4.74 Å². The molecule has 1 atom stereocenters. The van der Waals surface area contributed by atoms with E-state index in [9.17, 15) is 13.2 Å². The summed E-state index contributed by atoms with van der Waals surface area (Å²) in [4.78, 5) is 16.5. The molecule has 1 aromatic carbocycles. The molecule has 1 aliphatic rings. The van der Waals surface area contributed by atoms with Gasteiger partial charge in [0, 0.05) is 6.20 Å². The third-order valence-electron chi connectivity index (χ3n) is 3.59. The fourth-order valence-corrected chi connectivity index (χ4v) is 3.32. The first kappa shape index (κ1) is 16.3. The molecular formula is C16H17N3O4S. The number of carbonyl (C=O) groups is 1. The molecule has 0 radical (unpaired) electrons. The van der Waals surface area contributed by atoms with Crippen LogP contribution in [0.2, 0.25) is 0 Å². The number of amides is 1. The van der Waals surface area contributed by atoms with Crippen molar-refractivity contribution in [1.82, 2.24) is 4.98 Å². The maximum absolute atomic E-state index is 12.4. The predicted molar refractivity (Wildman–Crippen MR) is 90.7 cm³/mol. The van der Waals surface area contributed by atoms with Crippen LogP contribution >= 0.6 is 0 Å². The van der Waals surface area contributed by atoms with Crippen LogP contribution in [0, 0.1) is 6.92 Å². The number of hydrogen-bond donors (Lipinski definition) is 1. The molecule has 0 bridgehead atoms. The lowest BCUT2D eigenvalue weighted by atomic mass is 10.2. The van der Waals surface area contributed by atoms with Crippen LogP contribution < -0.4 is 14.4 Å². The molecule has 0 aliphatic carbocycles. The van der Waals surface area contributed by atoms with Crippen LogP contribution in [-0.2, 0) is 14.8 Å². The molecule has 8 heteroatoms. The van der Waals surface area contributed by atoms with Gasteiger partial charge in [0.05, 0.1) is 18.5 Å². The van der Waals surface area contributed by atoms with E-state index in [-0.39, 0.29) is 6.54 Å². The van der Waals surface area contributed by atoms with Crippen molar-refractivity contribution in [2.24, 2.45) is 0 Å². The number of anilines is 2. The standard InChI is InChI=1S/C16H17N3O4S/c1-11-7-8-15(17-9-11)18-16(20)14-10-19(24(2,21)22)12-5-3-4-6-13(12)23-14/h3-9,14H,10H2,1-2H3,(H,17,18,20). The number of pyridine rings is 1. The summed E-state index contributed by atoms with van der Waals surface area (Å²) >= 11 is 0. The smallest absolute Gasteiger partial charge is 0.268 e. The minimum atomic E-state index is -3.53. The average Bonchev–Trinajstić information content (AvgIpc) is 2.55. The lowest BCUT2D eigenvalue weighted by Gasteiger charge is -2.33. The summed E-state index contributed by atoms with van der Waals surface area (Å²) in [6.07, 6.45) is 1.78. The molecule has 126 valence electrons. The molecule has 24 heavy (non-hydrogen) atoms. The molecule has 7 nitrogen and oxygen atoms in total. The molecule has 2 aromatic rings. The largest absolute Gasteiger partial charge is 0.476 e. The molecule has 0 saturated carbocycles. The van der Waals surface area contributed by atoms with Gasteiger partial charge in [-0.15, -0.1) is 0 Å². The van der Waals surface area contributed by atoms with E-state index in [0.29, 0.717) is 17.3 Å². The molecule has 1 unspecified atom stereocenters. The van der Waals surface area contributed by atoms with Gasteiger partial charge < -0.3 is 10.1 Å². The topological polar surface area (TPSA) is 88.6 Å². The Morgan fingerprint density at radius 3 is 2.71 bits per heavy atom. The number of rotatable bonds is 3. The van der Waals surface area contributed by atoms with Crippen LogP contribution in [0.1, 0.15) is 5.56 Å². The summed E-state index contributed by atoms with van der Waals surface area (Å²) in [5, 5.41) is 2.65. The number of carbonyl (C=O) groups excluding carboxylic acids is 1. The second kappa shape index (κ2) is 6.12. The van der Waals surface area contributed by atoms with Gasteiger partial charge in [0.1, 0.15) is 11.6 Å². The van der Waals surface area contributed by atoms with Crippen molar-refractivity contribution in [3.05, 3.63) is 48.2 Å². The summed E-state index contributed by atoms with van der Waals surface area (Å²) in [5.41, 5.74) is 1.40. The highest BCUT2D eigenvalue weighted by molar-refractivity contribution is 7.92. The van der Waals surface area contributed by atoms with Crippen LogP contribution in [0.3, 0.4) is 0 Å². The number of fused-ring (bicyclic) bond motifs is 1. The maximum Gasteiger partial charge on any atom is 0.268 e. The van der Waals surface area contributed by atoms with Crippen molar-refractivity contribution in [3.8, 4) is 5.75 Å². The lowest BCUT2D eigenvalue weighted by molar-refractivity contribution is -0.122. The second-order valence-corrected chi connectivity index (χ2v) is 7.49. The Bertz CT molecular complexity index is 865. The third kappa shape index (κ3) is 3.33. The zero-order valence-corrected chi connectivity index (χ0v) is 14.1. The Morgan fingerprint density at radius 1 is 1.29 bits per heavy atom. The van der Waals surface area contributed by atoms with Crippen molar-refractivity contribution < 1.29 is 17.9 Å². The normalized spacial score (nSPS) is 16.9. The first-order valence-corrected chi connectivity index (χ1v) is 9.16. The van der Waals surface area contributed by atoms with E-state index in [2.05, 4.69) is 10.3 Å². The van der Waals surface area contributed by atoms with Crippen LogP contribution in [-0.4, -0.2) is 38.2 Å². The molecule has 1 aliphatic heterocycles. The van der Waals surface area contributed by atoms with E-state index in [0.717, 1.165) is 11.8 Å². The van der Waals surface area contributed by atoms with Gasteiger partial charge >= 0.3 is 0 Å². The highest BCUT2D eigenvalue weighted by atomic mass is 32.2. The Morgan fingerprint density at radius 2 is 2.04 bits per heavy atom. The zero-order valence-electron chi connectivity index (χ0n) is 13.3. The van der Waals surface area contributed by atoms with Crippen LogP contribution in [0.25, 0.3) is 0 Å². The zero-order chi connectivity index (χ0) is 17.3. The SMILES string of the molecule is Cc1ccc(NC(=O)C2CN(S(C)(=O)=O)c3ccccc3O2)nc1.